The third kappa shape index (κ3) is 4.04. The molecular weight excluding hydrogens is 378 g/mol. The van der Waals surface area contributed by atoms with E-state index in [0.29, 0.717) is 18.1 Å². The third-order valence-corrected chi connectivity index (χ3v) is 6.97. The van der Waals surface area contributed by atoms with Gasteiger partial charge in [-0.1, -0.05) is 63.5 Å². The summed E-state index contributed by atoms with van der Waals surface area (Å²) in [6, 6.07) is 11.1. The molecule has 0 radical (unpaired) electrons. The van der Waals surface area contributed by atoms with Gasteiger partial charge in [-0.05, 0) is 72.3 Å². The van der Waals surface area contributed by atoms with Gasteiger partial charge in [-0.25, -0.2) is 4.39 Å². The first-order chi connectivity index (χ1) is 14.6. The van der Waals surface area contributed by atoms with Gasteiger partial charge in [0.15, 0.2) is 11.6 Å². The average molecular weight is 411 g/mol. The molecule has 0 aromatic heterocycles. The van der Waals surface area contributed by atoms with E-state index in [1.807, 2.05) is 19.1 Å². The second kappa shape index (κ2) is 9.32. The lowest BCUT2D eigenvalue weighted by Gasteiger charge is -2.19. The van der Waals surface area contributed by atoms with Gasteiger partial charge in [0.1, 0.15) is 0 Å². The Hall–Kier alpha value is -2.16. The average Bonchev–Trinajstić information content (AvgIpc) is 3.35. The van der Waals surface area contributed by atoms with Gasteiger partial charge < -0.3 is 4.74 Å². The quantitative estimate of drug-likeness (QED) is 0.400. The number of hydrogen-bond donors (Lipinski definition) is 0. The van der Waals surface area contributed by atoms with Crippen LogP contribution in [0.15, 0.2) is 42.5 Å². The van der Waals surface area contributed by atoms with Crippen LogP contribution in [0.3, 0.4) is 0 Å². The van der Waals surface area contributed by atoms with E-state index in [2.05, 4.69) is 25.1 Å². The van der Waals surface area contributed by atoms with Crippen LogP contribution in [0.4, 0.5) is 8.78 Å². The summed E-state index contributed by atoms with van der Waals surface area (Å²) in [6.45, 7) is 4.71. The molecule has 2 aromatic rings. The van der Waals surface area contributed by atoms with Crippen molar-refractivity contribution < 1.29 is 13.5 Å². The van der Waals surface area contributed by atoms with Crippen molar-refractivity contribution >= 4 is 5.57 Å². The second-order valence-corrected chi connectivity index (χ2v) is 8.81. The van der Waals surface area contributed by atoms with Crippen LogP contribution in [0.5, 0.6) is 5.75 Å². The van der Waals surface area contributed by atoms with Crippen molar-refractivity contribution in [2.24, 2.45) is 17.8 Å². The monoisotopic (exact) mass is 410 g/mol. The smallest absolute Gasteiger partial charge is 0.201 e. The van der Waals surface area contributed by atoms with Gasteiger partial charge in [0, 0.05) is 5.56 Å². The molecule has 0 saturated heterocycles. The molecule has 3 unspecified atom stereocenters. The van der Waals surface area contributed by atoms with Crippen molar-refractivity contribution in [2.45, 2.75) is 58.8 Å². The van der Waals surface area contributed by atoms with Gasteiger partial charge in [-0.15, -0.1) is 0 Å². The molecule has 2 aliphatic rings. The number of allylic oxidation sites excluding steroid dienone is 2. The number of fused-ring (bicyclic) bond motifs is 1. The van der Waals surface area contributed by atoms with E-state index in [1.54, 1.807) is 6.07 Å². The Morgan fingerprint density at radius 1 is 0.900 bits per heavy atom. The van der Waals surface area contributed by atoms with E-state index in [1.165, 1.54) is 49.3 Å². The largest absolute Gasteiger partial charge is 0.490 e. The highest BCUT2D eigenvalue weighted by molar-refractivity contribution is 5.73. The molecule has 3 atom stereocenters. The Balaban J connectivity index is 1.50. The SMILES string of the molecule is CCCCOc1ccc(-c2ccc(C3=CCC4C(CCC)CCC34)cc2)c(F)c1F. The Morgan fingerprint density at radius 3 is 2.40 bits per heavy atom. The number of rotatable bonds is 8. The molecule has 0 N–H and O–H groups in total. The standard InChI is InChI=1S/C27H32F2O/c1-3-5-17-30-25-16-15-23(26(28)27(25)29)20-9-7-19(8-10-20)22-14-13-21-18(6-4-2)11-12-24(21)22/h7-10,14-16,18,21,24H,3-6,11-13,17H2,1-2H3. The third-order valence-electron chi connectivity index (χ3n) is 6.97. The summed E-state index contributed by atoms with van der Waals surface area (Å²) in [7, 11) is 0. The predicted molar refractivity (Wildman–Crippen MR) is 119 cm³/mol. The summed E-state index contributed by atoms with van der Waals surface area (Å²) in [5.41, 5.74) is 3.66. The molecule has 4 rings (SSSR count). The van der Waals surface area contributed by atoms with Crippen LogP contribution in [0.25, 0.3) is 16.7 Å². The van der Waals surface area contributed by atoms with Gasteiger partial charge in [-0.2, -0.15) is 4.39 Å². The molecule has 30 heavy (non-hydrogen) atoms. The van der Waals surface area contributed by atoms with Gasteiger partial charge in [-0.3, -0.25) is 0 Å². The number of halogens is 2. The molecule has 160 valence electrons. The number of hydrogen-bond acceptors (Lipinski definition) is 1. The summed E-state index contributed by atoms with van der Waals surface area (Å²) < 4.78 is 34.5. The Kier molecular flexibility index (Phi) is 6.55. The minimum Gasteiger partial charge on any atom is -0.490 e. The van der Waals surface area contributed by atoms with Crippen molar-refractivity contribution in [1.82, 2.24) is 0 Å². The molecule has 1 fully saturated rings. The van der Waals surface area contributed by atoms with Crippen molar-refractivity contribution in [3.05, 3.63) is 59.7 Å². The van der Waals surface area contributed by atoms with Gasteiger partial charge in [0.2, 0.25) is 5.82 Å². The molecule has 2 aliphatic carbocycles. The topological polar surface area (TPSA) is 9.23 Å². The fraction of sp³-hybridized carbons (Fsp3) is 0.481. The fourth-order valence-corrected chi connectivity index (χ4v) is 5.40. The number of unbranched alkanes of at least 4 members (excludes halogenated alkanes) is 1. The Labute approximate surface area is 179 Å². The van der Waals surface area contributed by atoms with Gasteiger partial charge in [0.05, 0.1) is 6.61 Å². The first-order valence-corrected chi connectivity index (χ1v) is 11.6. The van der Waals surface area contributed by atoms with Crippen LogP contribution in [0.2, 0.25) is 0 Å². The van der Waals surface area contributed by atoms with Crippen LogP contribution in [0, 0.1) is 29.4 Å². The Bertz CT molecular complexity index is 900. The van der Waals surface area contributed by atoms with Crippen LogP contribution < -0.4 is 4.74 Å². The van der Waals surface area contributed by atoms with Crippen molar-refractivity contribution in [1.29, 1.82) is 0 Å². The van der Waals surface area contributed by atoms with Gasteiger partial charge >= 0.3 is 0 Å². The zero-order chi connectivity index (χ0) is 21.1. The summed E-state index contributed by atoms with van der Waals surface area (Å²) >= 11 is 0. The summed E-state index contributed by atoms with van der Waals surface area (Å²) in [4.78, 5) is 0. The molecule has 2 aromatic carbocycles. The summed E-state index contributed by atoms with van der Waals surface area (Å²) in [6.07, 6.45) is 10.6. The maximum atomic E-state index is 14.7. The molecule has 1 nitrogen and oxygen atoms in total. The van der Waals surface area contributed by atoms with Crippen LogP contribution in [-0.2, 0) is 0 Å². The number of ether oxygens (including phenoxy) is 1. The second-order valence-electron chi connectivity index (χ2n) is 8.81. The Morgan fingerprint density at radius 2 is 1.67 bits per heavy atom. The highest BCUT2D eigenvalue weighted by Gasteiger charge is 2.40. The van der Waals surface area contributed by atoms with E-state index in [-0.39, 0.29) is 11.3 Å². The maximum absolute atomic E-state index is 14.7. The molecule has 0 heterocycles. The lowest BCUT2D eigenvalue weighted by Crippen LogP contribution is -2.10. The highest BCUT2D eigenvalue weighted by Crippen LogP contribution is 2.52. The van der Waals surface area contributed by atoms with Crippen molar-refractivity contribution in [3.63, 3.8) is 0 Å². The van der Waals surface area contributed by atoms with Crippen molar-refractivity contribution in [3.8, 4) is 16.9 Å². The normalized spacial score (nSPS) is 22.8. The van der Waals surface area contributed by atoms with E-state index in [0.717, 1.165) is 24.7 Å². The highest BCUT2D eigenvalue weighted by atomic mass is 19.2. The molecule has 0 aliphatic heterocycles. The van der Waals surface area contributed by atoms with Crippen LogP contribution in [-0.4, -0.2) is 6.61 Å². The minimum absolute atomic E-state index is 0.00802. The number of benzene rings is 2. The zero-order valence-corrected chi connectivity index (χ0v) is 18.1. The van der Waals surface area contributed by atoms with E-state index < -0.39 is 11.6 Å². The lowest BCUT2D eigenvalue weighted by molar-refractivity contribution is 0.289. The van der Waals surface area contributed by atoms with Crippen molar-refractivity contribution in [2.75, 3.05) is 6.61 Å². The first kappa shape index (κ1) is 21.1. The van der Waals surface area contributed by atoms with E-state index in [4.69, 9.17) is 4.74 Å². The van der Waals surface area contributed by atoms with Crippen LogP contribution in [0.1, 0.15) is 64.4 Å². The summed E-state index contributed by atoms with van der Waals surface area (Å²) in [5.74, 6) is 0.582. The minimum atomic E-state index is -0.901. The maximum Gasteiger partial charge on any atom is 0.201 e. The lowest BCUT2D eigenvalue weighted by atomic mass is 9.85. The molecule has 0 amide bonds. The molecule has 0 bridgehead atoms. The molecule has 0 spiro atoms. The molecule has 1 saturated carbocycles. The van der Waals surface area contributed by atoms with E-state index >= 15 is 0 Å². The first-order valence-electron chi connectivity index (χ1n) is 11.6. The zero-order valence-electron chi connectivity index (χ0n) is 18.1. The molecular formula is C27H32F2O. The summed E-state index contributed by atoms with van der Waals surface area (Å²) in [5, 5.41) is 0. The predicted octanol–water partition coefficient (Wildman–Crippen LogP) is 8.04. The fourth-order valence-electron chi connectivity index (χ4n) is 5.40. The van der Waals surface area contributed by atoms with E-state index in [9.17, 15) is 8.78 Å². The van der Waals surface area contributed by atoms with Crippen LogP contribution >= 0.6 is 0 Å². The molecule has 3 heteroatoms. The van der Waals surface area contributed by atoms with Gasteiger partial charge in [0.25, 0.3) is 0 Å².